The summed E-state index contributed by atoms with van der Waals surface area (Å²) in [5.41, 5.74) is 1.17. The van der Waals surface area contributed by atoms with Crippen LogP contribution in [0, 0.1) is 3.57 Å². The number of rotatable bonds is 2. The molecule has 0 unspecified atom stereocenters. The molecule has 2 heterocycles. The molecule has 0 amide bonds. The molecule has 68 valence electrons. The minimum atomic E-state index is 0.587. The van der Waals surface area contributed by atoms with Crippen LogP contribution in [-0.2, 0) is 11.5 Å². The van der Waals surface area contributed by atoms with Crippen LogP contribution in [0.4, 0.5) is 0 Å². The number of aromatic nitrogens is 2. The summed E-state index contributed by atoms with van der Waals surface area (Å²) in [5, 5.41) is 1.18. The molecule has 0 atom stereocenters. The molecular formula is C9H9IN2O. The zero-order chi connectivity index (χ0) is 9.26. The van der Waals surface area contributed by atoms with E-state index in [-0.39, 0.29) is 0 Å². The fraction of sp³-hybridized carbons (Fsp3) is 0.222. The van der Waals surface area contributed by atoms with Crippen LogP contribution < -0.4 is 0 Å². The molecule has 3 nitrogen and oxygen atoms in total. The van der Waals surface area contributed by atoms with Crippen molar-refractivity contribution in [3.63, 3.8) is 0 Å². The van der Waals surface area contributed by atoms with Gasteiger partial charge in [0.25, 0.3) is 0 Å². The molecule has 0 aromatic carbocycles. The largest absolute Gasteiger partial charge is 0.364 e. The van der Waals surface area contributed by atoms with Crippen LogP contribution in [0.3, 0.4) is 0 Å². The summed E-state index contributed by atoms with van der Waals surface area (Å²) in [5.74, 6) is 0. The lowest BCUT2D eigenvalue weighted by Gasteiger charge is -2.01. The summed E-state index contributed by atoms with van der Waals surface area (Å²) < 4.78 is 8.36. The quantitative estimate of drug-likeness (QED) is 0.792. The van der Waals surface area contributed by atoms with Crippen LogP contribution in [0.1, 0.15) is 0 Å². The summed E-state index contributed by atoms with van der Waals surface area (Å²) in [7, 11) is 1.69. The first-order valence-corrected chi connectivity index (χ1v) is 4.98. The molecule has 0 aliphatic carbocycles. The van der Waals surface area contributed by atoms with Crippen molar-refractivity contribution in [2.75, 3.05) is 7.11 Å². The Labute approximate surface area is 89.9 Å². The highest BCUT2D eigenvalue weighted by atomic mass is 127. The monoisotopic (exact) mass is 288 g/mol. The van der Waals surface area contributed by atoms with Gasteiger partial charge in [0.2, 0.25) is 0 Å². The summed E-state index contributed by atoms with van der Waals surface area (Å²) in [6, 6.07) is 2.00. The van der Waals surface area contributed by atoms with Gasteiger partial charge >= 0.3 is 0 Å². The van der Waals surface area contributed by atoms with Crippen LogP contribution in [0.25, 0.3) is 10.9 Å². The Morgan fingerprint density at radius 3 is 3.23 bits per heavy atom. The van der Waals surface area contributed by atoms with E-state index in [4.69, 9.17) is 4.74 Å². The van der Waals surface area contributed by atoms with Crippen molar-refractivity contribution in [3.05, 3.63) is 28.2 Å². The van der Waals surface area contributed by atoms with Crippen molar-refractivity contribution in [1.29, 1.82) is 0 Å². The molecule has 0 spiro atoms. The number of ether oxygens (including phenoxy) is 1. The van der Waals surface area contributed by atoms with Crippen molar-refractivity contribution in [1.82, 2.24) is 9.55 Å². The second-order valence-electron chi connectivity index (χ2n) is 2.76. The van der Waals surface area contributed by atoms with Crippen LogP contribution >= 0.6 is 22.6 Å². The zero-order valence-corrected chi connectivity index (χ0v) is 9.35. The Morgan fingerprint density at radius 2 is 2.46 bits per heavy atom. The highest BCUT2D eigenvalue weighted by molar-refractivity contribution is 14.1. The van der Waals surface area contributed by atoms with E-state index in [9.17, 15) is 0 Å². The number of methoxy groups -OCH3 is 1. The van der Waals surface area contributed by atoms with Crippen LogP contribution in [0.15, 0.2) is 24.7 Å². The van der Waals surface area contributed by atoms with Gasteiger partial charge < -0.3 is 9.30 Å². The van der Waals surface area contributed by atoms with Crippen molar-refractivity contribution >= 4 is 33.5 Å². The van der Waals surface area contributed by atoms with Gasteiger partial charge in [-0.25, -0.2) is 0 Å². The van der Waals surface area contributed by atoms with Crippen molar-refractivity contribution < 1.29 is 4.74 Å². The Balaban J connectivity index is 2.63. The first-order valence-electron chi connectivity index (χ1n) is 3.90. The van der Waals surface area contributed by atoms with Crippen molar-refractivity contribution in [2.24, 2.45) is 0 Å². The van der Waals surface area contributed by atoms with Gasteiger partial charge in [-0.15, -0.1) is 0 Å². The van der Waals surface area contributed by atoms with E-state index in [0.717, 1.165) is 0 Å². The van der Waals surface area contributed by atoms with Crippen LogP contribution in [0.2, 0.25) is 0 Å². The molecule has 0 aliphatic heterocycles. The summed E-state index contributed by atoms with van der Waals surface area (Å²) in [6.07, 6.45) is 5.74. The molecule has 2 rings (SSSR count). The first kappa shape index (κ1) is 8.96. The van der Waals surface area contributed by atoms with Crippen molar-refractivity contribution in [2.45, 2.75) is 6.73 Å². The number of halogens is 1. The summed E-state index contributed by atoms with van der Waals surface area (Å²) in [4.78, 5) is 4.09. The van der Waals surface area contributed by atoms with Gasteiger partial charge in [-0.2, -0.15) is 0 Å². The van der Waals surface area contributed by atoms with E-state index in [1.54, 1.807) is 13.3 Å². The molecule has 0 fully saturated rings. The number of hydrogen-bond donors (Lipinski definition) is 0. The second-order valence-corrected chi connectivity index (χ2v) is 3.92. The molecule has 4 heteroatoms. The molecule has 2 aromatic rings. The van der Waals surface area contributed by atoms with E-state index in [1.165, 1.54) is 14.5 Å². The maximum absolute atomic E-state index is 5.09. The number of pyridine rings is 1. The van der Waals surface area contributed by atoms with Crippen LogP contribution in [0.5, 0.6) is 0 Å². The fourth-order valence-corrected chi connectivity index (χ4v) is 2.10. The topological polar surface area (TPSA) is 27.1 Å². The predicted octanol–water partition coefficient (Wildman–Crippen LogP) is 2.24. The average Bonchev–Trinajstić information content (AvgIpc) is 2.46. The number of nitrogens with zero attached hydrogens (tertiary/aromatic N) is 2. The lowest BCUT2D eigenvalue weighted by molar-refractivity contribution is 0.135. The van der Waals surface area contributed by atoms with Crippen LogP contribution in [-0.4, -0.2) is 16.7 Å². The highest BCUT2D eigenvalue weighted by Gasteiger charge is 2.04. The maximum atomic E-state index is 5.09. The standard InChI is InChI=1S/C9H9IN2O/c1-13-6-12-5-8(10)7-4-11-3-2-9(7)12/h2-5H,6H2,1H3. The molecule has 13 heavy (non-hydrogen) atoms. The van der Waals surface area contributed by atoms with Gasteiger partial charge in [-0.05, 0) is 28.7 Å². The van der Waals surface area contributed by atoms with Gasteiger partial charge in [0.1, 0.15) is 6.73 Å². The third kappa shape index (κ3) is 1.55. The van der Waals surface area contributed by atoms with E-state index in [1.807, 2.05) is 12.3 Å². The fourth-order valence-electron chi connectivity index (χ4n) is 1.34. The number of fused-ring (bicyclic) bond motifs is 1. The summed E-state index contributed by atoms with van der Waals surface area (Å²) >= 11 is 2.30. The summed E-state index contributed by atoms with van der Waals surface area (Å²) in [6.45, 7) is 0.587. The molecule has 0 saturated carbocycles. The second kappa shape index (κ2) is 3.63. The minimum absolute atomic E-state index is 0.587. The minimum Gasteiger partial charge on any atom is -0.364 e. The smallest absolute Gasteiger partial charge is 0.122 e. The van der Waals surface area contributed by atoms with Crippen molar-refractivity contribution in [3.8, 4) is 0 Å². The Kier molecular flexibility index (Phi) is 2.50. The van der Waals surface area contributed by atoms with E-state index in [2.05, 4.69) is 38.3 Å². The molecule has 2 aromatic heterocycles. The van der Waals surface area contributed by atoms with E-state index < -0.39 is 0 Å². The third-order valence-corrected chi connectivity index (χ3v) is 2.76. The number of hydrogen-bond acceptors (Lipinski definition) is 2. The zero-order valence-electron chi connectivity index (χ0n) is 7.20. The SMILES string of the molecule is COCn1cc(I)c2cnccc21. The first-order chi connectivity index (χ1) is 6.33. The molecular weight excluding hydrogens is 279 g/mol. The third-order valence-electron chi connectivity index (χ3n) is 1.90. The maximum Gasteiger partial charge on any atom is 0.122 e. The van der Waals surface area contributed by atoms with Gasteiger partial charge in [-0.3, -0.25) is 4.98 Å². The Bertz CT molecular complexity index is 424. The van der Waals surface area contributed by atoms with E-state index in [0.29, 0.717) is 6.73 Å². The van der Waals surface area contributed by atoms with Gasteiger partial charge in [0.05, 0.1) is 5.52 Å². The molecule has 0 aliphatic rings. The lowest BCUT2D eigenvalue weighted by atomic mass is 10.3. The lowest BCUT2D eigenvalue weighted by Crippen LogP contribution is -1.96. The Morgan fingerprint density at radius 1 is 1.62 bits per heavy atom. The van der Waals surface area contributed by atoms with Gasteiger partial charge in [0, 0.05) is 34.7 Å². The molecule has 0 radical (unpaired) electrons. The Hall–Kier alpha value is -0.620. The van der Waals surface area contributed by atoms with Gasteiger partial charge in [-0.1, -0.05) is 0 Å². The predicted molar refractivity (Wildman–Crippen MR) is 59.5 cm³/mol. The average molecular weight is 288 g/mol. The molecule has 0 N–H and O–H groups in total. The normalized spacial score (nSPS) is 10.9. The molecule has 0 saturated heterocycles. The van der Waals surface area contributed by atoms with Gasteiger partial charge in [0.15, 0.2) is 0 Å². The highest BCUT2D eigenvalue weighted by Crippen LogP contribution is 2.21. The molecule has 0 bridgehead atoms. The van der Waals surface area contributed by atoms with E-state index >= 15 is 0 Å².